The number of nitrogens with one attached hydrogen (secondary N) is 1. The highest BCUT2D eigenvalue weighted by Crippen LogP contribution is 2.24. The van der Waals surface area contributed by atoms with Crippen molar-refractivity contribution in [3.63, 3.8) is 0 Å². The number of hydrogen-bond donors (Lipinski definition) is 2. The number of para-hydroxylation sites is 1. The molecule has 1 aliphatic heterocycles. The topological polar surface area (TPSA) is 77.4 Å². The standard InChI is InChI=1S/C20H24N6O.ClH/c27-15-5-10-22-19-16-6-1-2-7-17(16)23-20(24-19)26-13-11-25(12-14-26)18-8-3-4-9-21-18;/h1-4,6-9,27H,5,10-15H2,(H,22,23,24);1H. The van der Waals surface area contributed by atoms with E-state index in [-0.39, 0.29) is 19.0 Å². The van der Waals surface area contributed by atoms with Crippen LogP contribution in [0, 0.1) is 0 Å². The minimum atomic E-state index is 0. The van der Waals surface area contributed by atoms with Gasteiger partial charge < -0.3 is 20.2 Å². The van der Waals surface area contributed by atoms with Crippen molar-refractivity contribution in [2.45, 2.75) is 6.42 Å². The average Bonchev–Trinajstić information content (AvgIpc) is 2.74. The van der Waals surface area contributed by atoms with Gasteiger partial charge in [-0.1, -0.05) is 18.2 Å². The molecule has 2 N–H and O–H groups in total. The van der Waals surface area contributed by atoms with Gasteiger partial charge in [0.05, 0.1) is 5.52 Å². The summed E-state index contributed by atoms with van der Waals surface area (Å²) in [6, 6.07) is 14.0. The summed E-state index contributed by atoms with van der Waals surface area (Å²) in [5, 5.41) is 13.4. The molecule has 3 aromatic rings. The number of nitrogens with zero attached hydrogens (tertiary/aromatic N) is 5. The SMILES string of the molecule is Cl.OCCCNc1nc(N2CCN(c3ccccn3)CC2)nc2ccccc12. The molecule has 0 atom stereocenters. The first kappa shape index (κ1) is 20.1. The van der Waals surface area contributed by atoms with Crippen LogP contribution in [0.3, 0.4) is 0 Å². The van der Waals surface area contributed by atoms with Crippen LogP contribution in [0.2, 0.25) is 0 Å². The van der Waals surface area contributed by atoms with E-state index in [0.717, 1.165) is 54.7 Å². The molecule has 7 nitrogen and oxygen atoms in total. The fourth-order valence-corrected chi connectivity index (χ4v) is 3.30. The van der Waals surface area contributed by atoms with Gasteiger partial charge in [-0.25, -0.2) is 9.97 Å². The second kappa shape index (κ2) is 9.52. The second-order valence-electron chi connectivity index (χ2n) is 6.56. The van der Waals surface area contributed by atoms with Gasteiger partial charge in [0.1, 0.15) is 11.6 Å². The number of aliphatic hydroxyl groups excluding tert-OH is 1. The molecule has 2 aromatic heterocycles. The van der Waals surface area contributed by atoms with Crippen molar-refractivity contribution in [2.24, 2.45) is 0 Å². The average molecular weight is 401 g/mol. The predicted molar refractivity (Wildman–Crippen MR) is 116 cm³/mol. The van der Waals surface area contributed by atoms with Crippen molar-refractivity contribution >= 4 is 40.9 Å². The molecule has 1 fully saturated rings. The number of fused-ring (bicyclic) bond motifs is 1. The van der Waals surface area contributed by atoms with Crippen LogP contribution in [0.1, 0.15) is 6.42 Å². The van der Waals surface area contributed by atoms with Crippen LogP contribution in [-0.4, -0.2) is 59.4 Å². The van der Waals surface area contributed by atoms with Crippen molar-refractivity contribution in [2.75, 3.05) is 54.4 Å². The zero-order chi connectivity index (χ0) is 18.5. The van der Waals surface area contributed by atoms with E-state index in [1.54, 1.807) is 0 Å². The number of pyridine rings is 1. The number of aromatic nitrogens is 3. The van der Waals surface area contributed by atoms with E-state index in [1.165, 1.54) is 0 Å². The van der Waals surface area contributed by atoms with Gasteiger partial charge in [-0.05, 0) is 30.7 Å². The van der Waals surface area contributed by atoms with Gasteiger partial charge in [-0.15, -0.1) is 12.4 Å². The van der Waals surface area contributed by atoms with E-state index in [0.29, 0.717) is 13.0 Å². The minimum absolute atomic E-state index is 0. The summed E-state index contributed by atoms with van der Waals surface area (Å²) in [5.74, 6) is 2.60. The van der Waals surface area contributed by atoms with Gasteiger partial charge in [0.25, 0.3) is 0 Å². The molecular formula is C20H25ClN6O. The van der Waals surface area contributed by atoms with Gasteiger partial charge in [-0.3, -0.25) is 0 Å². The number of aliphatic hydroxyl groups is 1. The molecule has 148 valence electrons. The molecule has 8 heteroatoms. The summed E-state index contributed by atoms with van der Waals surface area (Å²) in [7, 11) is 0. The third kappa shape index (κ3) is 4.43. The first-order valence-corrected chi connectivity index (χ1v) is 9.37. The summed E-state index contributed by atoms with van der Waals surface area (Å²) in [6.45, 7) is 4.33. The predicted octanol–water partition coefficient (Wildman–Crippen LogP) is 2.57. The highest BCUT2D eigenvalue weighted by Gasteiger charge is 2.21. The quantitative estimate of drug-likeness (QED) is 0.616. The summed E-state index contributed by atoms with van der Waals surface area (Å²) in [5.41, 5.74) is 0.932. The molecule has 0 aliphatic carbocycles. The first-order chi connectivity index (χ1) is 13.3. The fraction of sp³-hybridized carbons (Fsp3) is 0.350. The number of benzene rings is 1. The van der Waals surface area contributed by atoms with Crippen molar-refractivity contribution in [1.82, 2.24) is 15.0 Å². The third-order valence-corrected chi connectivity index (χ3v) is 4.75. The maximum Gasteiger partial charge on any atom is 0.228 e. The van der Waals surface area contributed by atoms with E-state index in [4.69, 9.17) is 15.1 Å². The van der Waals surface area contributed by atoms with Crippen LogP contribution in [0.4, 0.5) is 17.6 Å². The molecule has 0 bridgehead atoms. The molecule has 0 spiro atoms. The lowest BCUT2D eigenvalue weighted by atomic mass is 10.2. The molecule has 28 heavy (non-hydrogen) atoms. The summed E-state index contributed by atoms with van der Waals surface area (Å²) in [6.07, 6.45) is 2.52. The Bertz CT molecular complexity index is 886. The zero-order valence-electron chi connectivity index (χ0n) is 15.7. The number of halogens is 1. The van der Waals surface area contributed by atoms with E-state index in [2.05, 4.69) is 20.1 Å². The van der Waals surface area contributed by atoms with Gasteiger partial charge in [0.2, 0.25) is 5.95 Å². The largest absolute Gasteiger partial charge is 0.396 e. The van der Waals surface area contributed by atoms with E-state index < -0.39 is 0 Å². The monoisotopic (exact) mass is 400 g/mol. The van der Waals surface area contributed by atoms with Gasteiger partial charge in [0.15, 0.2) is 0 Å². The smallest absolute Gasteiger partial charge is 0.228 e. The Labute approximate surface area is 170 Å². The van der Waals surface area contributed by atoms with Crippen molar-refractivity contribution in [1.29, 1.82) is 0 Å². The first-order valence-electron chi connectivity index (χ1n) is 9.37. The molecule has 1 saturated heterocycles. The molecule has 0 radical (unpaired) electrons. The minimum Gasteiger partial charge on any atom is -0.396 e. The molecule has 3 heterocycles. The van der Waals surface area contributed by atoms with E-state index in [1.807, 2.05) is 48.7 Å². The summed E-state index contributed by atoms with van der Waals surface area (Å²) >= 11 is 0. The third-order valence-electron chi connectivity index (χ3n) is 4.75. The van der Waals surface area contributed by atoms with Crippen molar-refractivity contribution in [3.05, 3.63) is 48.7 Å². The van der Waals surface area contributed by atoms with Crippen LogP contribution in [0.15, 0.2) is 48.7 Å². The second-order valence-corrected chi connectivity index (χ2v) is 6.56. The number of piperazine rings is 1. The molecule has 1 aliphatic rings. The fourth-order valence-electron chi connectivity index (χ4n) is 3.30. The van der Waals surface area contributed by atoms with Gasteiger partial charge in [-0.2, -0.15) is 4.98 Å². The Morgan fingerprint density at radius 2 is 1.68 bits per heavy atom. The van der Waals surface area contributed by atoms with Gasteiger partial charge in [0, 0.05) is 50.9 Å². The van der Waals surface area contributed by atoms with Crippen LogP contribution < -0.4 is 15.1 Å². The summed E-state index contributed by atoms with van der Waals surface area (Å²) in [4.78, 5) is 18.5. The number of rotatable bonds is 6. The Hall–Kier alpha value is -2.64. The maximum absolute atomic E-state index is 9.04. The van der Waals surface area contributed by atoms with Crippen LogP contribution >= 0.6 is 12.4 Å². The lowest BCUT2D eigenvalue weighted by molar-refractivity contribution is 0.292. The molecule has 0 unspecified atom stereocenters. The molecular weight excluding hydrogens is 376 g/mol. The number of anilines is 3. The van der Waals surface area contributed by atoms with Crippen LogP contribution in [0.25, 0.3) is 10.9 Å². The molecule has 0 saturated carbocycles. The normalized spacial score (nSPS) is 14.0. The Kier molecular flexibility index (Phi) is 6.84. The molecule has 4 rings (SSSR count). The molecule has 1 aromatic carbocycles. The summed E-state index contributed by atoms with van der Waals surface area (Å²) < 4.78 is 0. The lowest BCUT2D eigenvalue weighted by Gasteiger charge is -2.35. The Morgan fingerprint density at radius 1 is 0.929 bits per heavy atom. The Balaban J connectivity index is 0.00000225. The van der Waals surface area contributed by atoms with Crippen LogP contribution in [-0.2, 0) is 0 Å². The zero-order valence-corrected chi connectivity index (χ0v) is 16.5. The van der Waals surface area contributed by atoms with E-state index in [9.17, 15) is 0 Å². The lowest BCUT2D eigenvalue weighted by Crippen LogP contribution is -2.47. The van der Waals surface area contributed by atoms with E-state index >= 15 is 0 Å². The van der Waals surface area contributed by atoms with Gasteiger partial charge >= 0.3 is 0 Å². The van der Waals surface area contributed by atoms with Crippen molar-refractivity contribution < 1.29 is 5.11 Å². The highest BCUT2D eigenvalue weighted by molar-refractivity contribution is 5.90. The maximum atomic E-state index is 9.04. The highest BCUT2D eigenvalue weighted by atomic mass is 35.5. The molecule has 0 amide bonds. The van der Waals surface area contributed by atoms with Crippen molar-refractivity contribution in [3.8, 4) is 0 Å². The Morgan fingerprint density at radius 3 is 2.43 bits per heavy atom. The number of hydrogen-bond acceptors (Lipinski definition) is 7. The van der Waals surface area contributed by atoms with Crippen LogP contribution in [0.5, 0.6) is 0 Å².